The minimum absolute atomic E-state index is 0. The highest BCUT2D eigenvalue weighted by molar-refractivity contribution is 6.31. The van der Waals surface area contributed by atoms with Crippen molar-refractivity contribution in [3.8, 4) is 11.1 Å². The van der Waals surface area contributed by atoms with Crippen molar-refractivity contribution in [2.45, 2.75) is 13.8 Å². The molecule has 0 bridgehead atoms. The van der Waals surface area contributed by atoms with Gasteiger partial charge in [-0.2, -0.15) is 0 Å². The lowest BCUT2D eigenvalue weighted by molar-refractivity contribution is 0.0526. The fourth-order valence-corrected chi connectivity index (χ4v) is 2.89. The average molecular weight is 362 g/mol. The molecule has 0 aliphatic rings. The van der Waals surface area contributed by atoms with Crippen molar-refractivity contribution >= 4 is 40.9 Å². The van der Waals surface area contributed by atoms with Crippen LogP contribution < -0.4 is 0 Å². The summed E-state index contributed by atoms with van der Waals surface area (Å²) in [5.41, 5.74) is 3.70. The van der Waals surface area contributed by atoms with Gasteiger partial charge >= 0.3 is 5.97 Å². The van der Waals surface area contributed by atoms with E-state index >= 15 is 0 Å². The third-order valence-electron chi connectivity index (χ3n) is 3.67. The van der Waals surface area contributed by atoms with Crippen molar-refractivity contribution in [2.75, 3.05) is 6.61 Å². The van der Waals surface area contributed by atoms with Gasteiger partial charge in [0, 0.05) is 16.0 Å². The van der Waals surface area contributed by atoms with E-state index in [2.05, 4.69) is 4.98 Å². The highest BCUT2D eigenvalue weighted by atomic mass is 35.5. The van der Waals surface area contributed by atoms with E-state index in [0.717, 1.165) is 22.0 Å². The van der Waals surface area contributed by atoms with E-state index in [0.29, 0.717) is 22.9 Å². The lowest BCUT2D eigenvalue weighted by Crippen LogP contribution is -2.10. The second-order valence-corrected chi connectivity index (χ2v) is 5.63. The summed E-state index contributed by atoms with van der Waals surface area (Å²) < 4.78 is 5.24. The topological polar surface area (TPSA) is 39.2 Å². The van der Waals surface area contributed by atoms with Crippen molar-refractivity contribution in [1.29, 1.82) is 0 Å². The van der Waals surface area contributed by atoms with Crippen molar-refractivity contribution in [1.82, 2.24) is 4.98 Å². The molecule has 3 nitrogen and oxygen atoms in total. The Bertz CT molecular complexity index is 879. The molecule has 1 heterocycles. The van der Waals surface area contributed by atoms with Gasteiger partial charge in [-0.15, -0.1) is 12.4 Å². The first-order valence-corrected chi connectivity index (χ1v) is 7.82. The molecule has 2 aromatic carbocycles. The van der Waals surface area contributed by atoms with E-state index < -0.39 is 0 Å². The van der Waals surface area contributed by atoms with Crippen LogP contribution in [0.1, 0.15) is 23.0 Å². The molecule has 0 saturated carbocycles. The predicted molar refractivity (Wildman–Crippen MR) is 100 cm³/mol. The van der Waals surface area contributed by atoms with E-state index in [4.69, 9.17) is 16.3 Å². The number of rotatable bonds is 3. The Morgan fingerprint density at radius 1 is 1.17 bits per heavy atom. The summed E-state index contributed by atoms with van der Waals surface area (Å²) in [6.45, 7) is 3.94. The molecule has 124 valence electrons. The monoisotopic (exact) mass is 361 g/mol. The van der Waals surface area contributed by atoms with Gasteiger partial charge in [-0.25, -0.2) is 4.79 Å². The maximum absolute atomic E-state index is 12.5. The number of pyridine rings is 1. The third kappa shape index (κ3) is 3.37. The number of aryl methyl sites for hydroxylation is 1. The number of hydrogen-bond donors (Lipinski definition) is 0. The van der Waals surface area contributed by atoms with Crippen LogP contribution in [0.4, 0.5) is 0 Å². The minimum atomic E-state index is -0.363. The van der Waals surface area contributed by atoms with Crippen molar-refractivity contribution in [3.63, 3.8) is 0 Å². The zero-order valence-corrected chi connectivity index (χ0v) is 14.9. The number of carbonyl (C=O) groups excluding carboxylic acids is 1. The lowest BCUT2D eigenvalue weighted by Gasteiger charge is -2.15. The molecule has 1 aromatic heterocycles. The van der Waals surface area contributed by atoms with Gasteiger partial charge < -0.3 is 4.74 Å². The van der Waals surface area contributed by atoms with Crippen LogP contribution in [0.3, 0.4) is 0 Å². The van der Waals surface area contributed by atoms with E-state index in [1.807, 2.05) is 49.4 Å². The molecule has 0 aliphatic heterocycles. The number of fused-ring (bicyclic) bond motifs is 1. The molecule has 0 atom stereocenters. The summed E-state index contributed by atoms with van der Waals surface area (Å²) in [6.07, 6.45) is 0. The number of carbonyl (C=O) groups is 1. The summed E-state index contributed by atoms with van der Waals surface area (Å²) >= 11 is 6.17. The lowest BCUT2D eigenvalue weighted by atomic mass is 9.94. The summed E-state index contributed by atoms with van der Waals surface area (Å²) in [5, 5.41) is 1.45. The normalized spacial score (nSPS) is 10.3. The predicted octanol–water partition coefficient (Wildman–Crippen LogP) is 5.46. The molecular weight excluding hydrogens is 345 g/mol. The van der Waals surface area contributed by atoms with Crippen LogP contribution in [0.25, 0.3) is 22.0 Å². The van der Waals surface area contributed by atoms with E-state index in [9.17, 15) is 4.79 Å². The Kier molecular flexibility index (Phi) is 5.81. The Morgan fingerprint density at radius 2 is 1.88 bits per heavy atom. The highest BCUT2D eigenvalue weighted by Gasteiger charge is 2.21. The first-order chi connectivity index (χ1) is 11.1. The molecule has 0 spiro atoms. The number of hydrogen-bond acceptors (Lipinski definition) is 3. The average Bonchev–Trinajstić information content (AvgIpc) is 2.55. The molecule has 0 aliphatic carbocycles. The number of aromatic nitrogens is 1. The Balaban J connectivity index is 0.00000208. The maximum Gasteiger partial charge on any atom is 0.340 e. The Labute approximate surface area is 152 Å². The van der Waals surface area contributed by atoms with Gasteiger partial charge in [0.15, 0.2) is 0 Å². The quantitative estimate of drug-likeness (QED) is 0.581. The number of esters is 1. The second kappa shape index (κ2) is 7.65. The Hall–Kier alpha value is -2.10. The fourth-order valence-electron chi connectivity index (χ4n) is 2.72. The molecular formula is C19H17Cl2NO2. The van der Waals surface area contributed by atoms with Gasteiger partial charge in [-0.1, -0.05) is 41.9 Å². The smallest absolute Gasteiger partial charge is 0.340 e. The van der Waals surface area contributed by atoms with E-state index in [1.54, 1.807) is 13.0 Å². The van der Waals surface area contributed by atoms with Crippen LogP contribution in [0.2, 0.25) is 5.02 Å². The fraction of sp³-hybridized carbons (Fsp3) is 0.158. The molecule has 3 aromatic rings. The SMILES string of the molecule is CCOC(=O)c1c(C)nc2ccc(Cl)cc2c1-c1ccccc1.Cl. The summed E-state index contributed by atoms with van der Waals surface area (Å²) in [4.78, 5) is 17.0. The summed E-state index contributed by atoms with van der Waals surface area (Å²) in [7, 11) is 0. The summed E-state index contributed by atoms with van der Waals surface area (Å²) in [6, 6.07) is 15.3. The second-order valence-electron chi connectivity index (χ2n) is 5.20. The van der Waals surface area contributed by atoms with E-state index in [-0.39, 0.29) is 18.4 Å². The van der Waals surface area contributed by atoms with Gasteiger partial charge in [-0.05, 0) is 37.6 Å². The first kappa shape index (κ1) is 18.2. The van der Waals surface area contributed by atoms with Gasteiger partial charge in [0.25, 0.3) is 0 Å². The van der Waals surface area contributed by atoms with Crippen LogP contribution in [0.5, 0.6) is 0 Å². The zero-order chi connectivity index (χ0) is 16.4. The molecule has 3 rings (SSSR count). The van der Waals surface area contributed by atoms with Crippen LogP contribution in [-0.2, 0) is 4.74 Å². The van der Waals surface area contributed by atoms with Crippen LogP contribution >= 0.6 is 24.0 Å². The first-order valence-electron chi connectivity index (χ1n) is 7.44. The van der Waals surface area contributed by atoms with Gasteiger partial charge in [0.1, 0.15) is 0 Å². The van der Waals surface area contributed by atoms with Crippen LogP contribution in [-0.4, -0.2) is 17.6 Å². The van der Waals surface area contributed by atoms with Crippen LogP contribution in [0.15, 0.2) is 48.5 Å². The van der Waals surface area contributed by atoms with E-state index in [1.165, 1.54) is 0 Å². The zero-order valence-electron chi connectivity index (χ0n) is 13.4. The maximum atomic E-state index is 12.5. The van der Waals surface area contributed by atoms with Crippen molar-refractivity contribution in [2.24, 2.45) is 0 Å². The highest BCUT2D eigenvalue weighted by Crippen LogP contribution is 2.34. The minimum Gasteiger partial charge on any atom is -0.462 e. The molecule has 0 radical (unpaired) electrons. The molecule has 0 saturated heterocycles. The Morgan fingerprint density at radius 3 is 2.54 bits per heavy atom. The molecule has 24 heavy (non-hydrogen) atoms. The number of benzene rings is 2. The van der Waals surface area contributed by atoms with Gasteiger partial charge in [0.2, 0.25) is 0 Å². The van der Waals surface area contributed by atoms with Gasteiger partial charge in [0.05, 0.1) is 23.4 Å². The number of halogens is 2. The molecule has 5 heteroatoms. The molecule has 0 unspecified atom stereocenters. The van der Waals surface area contributed by atoms with Crippen molar-refractivity contribution < 1.29 is 9.53 Å². The van der Waals surface area contributed by atoms with Gasteiger partial charge in [-0.3, -0.25) is 4.98 Å². The van der Waals surface area contributed by atoms with Crippen molar-refractivity contribution in [3.05, 3.63) is 64.8 Å². The number of nitrogens with zero attached hydrogens (tertiary/aromatic N) is 1. The molecule has 0 amide bonds. The molecule has 0 N–H and O–H groups in total. The molecule has 0 fully saturated rings. The number of ether oxygens (including phenoxy) is 1. The third-order valence-corrected chi connectivity index (χ3v) is 3.91. The standard InChI is InChI=1S/C19H16ClNO2.ClH/c1-3-23-19(22)17-12(2)21-16-10-9-14(20)11-15(16)18(17)13-7-5-4-6-8-13;/h4-11H,3H2,1-2H3;1H. The summed E-state index contributed by atoms with van der Waals surface area (Å²) in [5.74, 6) is -0.363. The largest absolute Gasteiger partial charge is 0.462 e. The van der Waals surface area contributed by atoms with Crippen LogP contribution in [0, 0.1) is 6.92 Å².